The van der Waals surface area contributed by atoms with Crippen LogP contribution in [0.15, 0.2) is 17.3 Å². The maximum atomic E-state index is 10.2. The van der Waals surface area contributed by atoms with Crippen molar-refractivity contribution in [2.24, 2.45) is 5.18 Å². The molecule has 4 heteroatoms. The monoisotopic (exact) mass is 180 g/mol. The van der Waals surface area contributed by atoms with Crippen LogP contribution in [-0.2, 0) is 0 Å². The van der Waals surface area contributed by atoms with Gasteiger partial charge in [-0.15, -0.1) is 4.91 Å². The average molecular weight is 180 g/mol. The van der Waals surface area contributed by atoms with Crippen molar-refractivity contribution in [1.29, 1.82) is 0 Å². The Morgan fingerprint density at radius 2 is 2.23 bits per heavy atom. The number of hydrogen-bond acceptors (Lipinski definition) is 4. The number of phenols is 1. The lowest BCUT2D eigenvalue weighted by atomic mass is 10.1. The average Bonchev–Trinajstić information content (AvgIpc) is 2.14. The maximum Gasteiger partial charge on any atom is 0.150 e. The standard InChI is InChI=1S/C9H12N2O2/c1-3-10-7-4-5-8(11-13)9(12)6(7)2/h4-5,10,12H,3H2,1-2H3. The molecule has 13 heavy (non-hydrogen) atoms. The van der Waals surface area contributed by atoms with Crippen molar-refractivity contribution in [3.63, 3.8) is 0 Å². The summed E-state index contributed by atoms with van der Waals surface area (Å²) in [6.45, 7) is 4.47. The summed E-state index contributed by atoms with van der Waals surface area (Å²) in [5.74, 6) is -0.0477. The SMILES string of the molecule is CCNc1ccc(N=O)c(O)c1C. The number of anilines is 1. The smallest absolute Gasteiger partial charge is 0.150 e. The fourth-order valence-electron chi connectivity index (χ4n) is 1.14. The van der Waals surface area contributed by atoms with Gasteiger partial charge in [0.2, 0.25) is 0 Å². The molecular formula is C9H12N2O2. The molecule has 0 aliphatic carbocycles. The van der Waals surface area contributed by atoms with Gasteiger partial charge in [0.15, 0.2) is 0 Å². The van der Waals surface area contributed by atoms with Gasteiger partial charge in [-0.2, -0.15) is 0 Å². The van der Waals surface area contributed by atoms with Gasteiger partial charge in [-0.1, -0.05) is 0 Å². The summed E-state index contributed by atoms with van der Waals surface area (Å²) in [6.07, 6.45) is 0. The number of nitrogens with one attached hydrogen (secondary N) is 1. The van der Waals surface area contributed by atoms with E-state index in [9.17, 15) is 10.0 Å². The molecule has 0 radical (unpaired) electrons. The minimum absolute atomic E-state index is 0.0477. The van der Waals surface area contributed by atoms with Crippen molar-refractivity contribution in [2.45, 2.75) is 13.8 Å². The van der Waals surface area contributed by atoms with Crippen molar-refractivity contribution in [3.05, 3.63) is 22.6 Å². The highest BCUT2D eigenvalue weighted by atomic mass is 16.3. The molecule has 0 saturated heterocycles. The van der Waals surface area contributed by atoms with Crippen LogP contribution in [-0.4, -0.2) is 11.7 Å². The molecule has 0 spiro atoms. The highest BCUT2D eigenvalue weighted by Crippen LogP contribution is 2.34. The van der Waals surface area contributed by atoms with E-state index in [1.165, 1.54) is 6.07 Å². The first kappa shape index (κ1) is 9.51. The summed E-state index contributed by atoms with van der Waals surface area (Å²) in [7, 11) is 0. The zero-order valence-electron chi connectivity index (χ0n) is 7.66. The summed E-state index contributed by atoms with van der Waals surface area (Å²) in [4.78, 5) is 10.2. The Hall–Kier alpha value is -1.58. The van der Waals surface area contributed by atoms with E-state index in [-0.39, 0.29) is 11.4 Å². The molecule has 2 N–H and O–H groups in total. The molecule has 0 unspecified atom stereocenters. The Labute approximate surface area is 76.6 Å². The lowest BCUT2D eigenvalue weighted by Gasteiger charge is -2.08. The summed E-state index contributed by atoms with van der Waals surface area (Å²) in [5, 5.41) is 15.2. The third-order valence-corrected chi connectivity index (χ3v) is 1.88. The number of benzene rings is 1. The zero-order valence-corrected chi connectivity index (χ0v) is 7.66. The first-order valence-electron chi connectivity index (χ1n) is 4.10. The largest absolute Gasteiger partial charge is 0.505 e. The molecule has 0 atom stereocenters. The number of rotatable bonds is 3. The Kier molecular flexibility index (Phi) is 2.84. The van der Waals surface area contributed by atoms with E-state index in [1.54, 1.807) is 13.0 Å². The van der Waals surface area contributed by atoms with E-state index in [0.717, 1.165) is 12.2 Å². The molecule has 0 aliphatic heterocycles. The van der Waals surface area contributed by atoms with E-state index < -0.39 is 0 Å². The second kappa shape index (κ2) is 3.89. The van der Waals surface area contributed by atoms with Gasteiger partial charge in [-0.3, -0.25) is 0 Å². The highest BCUT2D eigenvalue weighted by Gasteiger charge is 2.07. The molecule has 0 aliphatic rings. The van der Waals surface area contributed by atoms with E-state index in [0.29, 0.717) is 5.56 Å². The minimum Gasteiger partial charge on any atom is -0.505 e. The Morgan fingerprint density at radius 3 is 2.77 bits per heavy atom. The molecule has 0 heterocycles. The van der Waals surface area contributed by atoms with Gasteiger partial charge in [0.05, 0.1) is 0 Å². The fourth-order valence-corrected chi connectivity index (χ4v) is 1.14. The van der Waals surface area contributed by atoms with Gasteiger partial charge in [-0.25, -0.2) is 0 Å². The minimum atomic E-state index is -0.0477. The number of phenolic OH excluding ortho intramolecular Hbond substituents is 1. The van der Waals surface area contributed by atoms with E-state index in [4.69, 9.17) is 0 Å². The molecule has 0 bridgehead atoms. The molecule has 1 aromatic rings. The Balaban J connectivity index is 3.14. The van der Waals surface area contributed by atoms with E-state index in [2.05, 4.69) is 10.5 Å². The van der Waals surface area contributed by atoms with Crippen molar-refractivity contribution < 1.29 is 5.11 Å². The molecule has 0 fully saturated rings. The van der Waals surface area contributed by atoms with Crippen LogP contribution >= 0.6 is 0 Å². The topological polar surface area (TPSA) is 61.7 Å². The Bertz CT molecular complexity index is 324. The van der Waals surface area contributed by atoms with Gasteiger partial charge >= 0.3 is 0 Å². The van der Waals surface area contributed by atoms with Crippen LogP contribution in [0.1, 0.15) is 12.5 Å². The van der Waals surface area contributed by atoms with Crippen LogP contribution in [0.5, 0.6) is 5.75 Å². The van der Waals surface area contributed by atoms with Crippen LogP contribution in [0, 0.1) is 11.8 Å². The number of nitrogens with zero attached hydrogens (tertiary/aromatic N) is 1. The zero-order chi connectivity index (χ0) is 9.84. The predicted octanol–water partition coefficient (Wildman–Crippen LogP) is 2.53. The molecule has 0 amide bonds. The molecule has 1 aromatic carbocycles. The molecule has 0 aromatic heterocycles. The van der Waals surface area contributed by atoms with Crippen molar-refractivity contribution >= 4 is 11.4 Å². The summed E-state index contributed by atoms with van der Waals surface area (Å²) < 4.78 is 0. The fraction of sp³-hybridized carbons (Fsp3) is 0.333. The molecule has 4 nitrogen and oxygen atoms in total. The van der Waals surface area contributed by atoms with Gasteiger partial charge in [0.1, 0.15) is 11.4 Å². The quantitative estimate of drug-likeness (QED) is 0.702. The van der Waals surface area contributed by atoms with Crippen LogP contribution in [0.25, 0.3) is 0 Å². The van der Waals surface area contributed by atoms with Gasteiger partial charge in [-0.05, 0) is 31.2 Å². The summed E-state index contributed by atoms with van der Waals surface area (Å²) in [6, 6.07) is 3.22. The first-order valence-corrected chi connectivity index (χ1v) is 4.10. The molecule has 70 valence electrons. The predicted molar refractivity (Wildman–Crippen MR) is 52.5 cm³/mol. The molecular weight excluding hydrogens is 168 g/mol. The highest BCUT2D eigenvalue weighted by molar-refractivity contribution is 5.66. The van der Waals surface area contributed by atoms with Crippen LogP contribution in [0.4, 0.5) is 11.4 Å². The van der Waals surface area contributed by atoms with Gasteiger partial charge < -0.3 is 10.4 Å². The third kappa shape index (κ3) is 1.77. The lowest BCUT2D eigenvalue weighted by molar-refractivity contribution is 0.473. The van der Waals surface area contributed by atoms with E-state index in [1.807, 2.05) is 6.92 Å². The summed E-state index contributed by atoms with van der Waals surface area (Å²) >= 11 is 0. The number of nitroso groups, excluding NO2 is 1. The second-order valence-electron chi connectivity index (χ2n) is 2.73. The van der Waals surface area contributed by atoms with Crippen molar-refractivity contribution in [3.8, 4) is 5.75 Å². The van der Waals surface area contributed by atoms with Crippen molar-refractivity contribution in [2.75, 3.05) is 11.9 Å². The van der Waals surface area contributed by atoms with E-state index >= 15 is 0 Å². The normalized spacial score (nSPS) is 9.69. The lowest BCUT2D eigenvalue weighted by Crippen LogP contribution is -1.98. The van der Waals surface area contributed by atoms with Crippen LogP contribution < -0.4 is 5.32 Å². The third-order valence-electron chi connectivity index (χ3n) is 1.88. The molecule has 0 saturated carbocycles. The number of aromatic hydroxyl groups is 1. The van der Waals surface area contributed by atoms with Crippen molar-refractivity contribution in [1.82, 2.24) is 0 Å². The first-order chi connectivity index (χ1) is 6.20. The summed E-state index contributed by atoms with van der Waals surface area (Å²) in [5.41, 5.74) is 1.56. The maximum absolute atomic E-state index is 10.2. The van der Waals surface area contributed by atoms with Gasteiger partial charge in [0.25, 0.3) is 0 Å². The van der Waals surface area contributed by atoms with Crippen LogP contribution in [0.3, 0.4) is 0 Å². The Morgan fingerprint density at radius 1 is 1.54 bits per heavy atom. The molecule has 1 rings (SSSR count). The second-order valence-corrected chi connectivity index (χ2v) is 2.73. The van der Waals surface area contributed by atoms with Gasteiger partial charge in [0, 0.05) is 17.8 Å². The number of hydrogen-bond donors (Lipinski definition) is 2. The van der Waals surface area contributed by atoms with Crippen LogP contribution in [0.2, 0.25) is 0 Å².